The van der Waals surface area contributed by atoms with E-state index in [0.29, 0.717) is 6.42 Å². The SMILES string of the molecule is Cc1ccc2c(c1)CC(CC(=O)O)O2. The summed E-state index contributed by atoms with van der Waals surface area (Å²) in [5.41, 5.74) is 2.31. The molecular weight excluding hydrogens is 180 g/mol. The maximum atomic E-state index is 10.5. The zero-order chi connectivity index (χ0) is 10.1. The first-order valence-corrected chi connectivity index (χ1v) is 4.63. The number of aliphatic carboxylic acids is 1. The Labute approximate surface area is 82.3 Å². The Hall–Kier alpha value is -1.51. The van der Waals surface area contributed by atoms with E-state index in [2.05, 4.69) is 6.07 Å². The van der Waals surface area contributed by atoms with E-state index in [0.717, 1.165) is 11.3 Å². The molecule has 1 unspecified atom stereocenters. The Bertz CT molecular complexity index is 371. The van der Waals surface area contributed by atoms with Crippen LogP contribution in [0.25, 0.3) is 0 Å². The van der Waals surface area contributed by atoms with Crippen LogP contribution in [0, 0.1) is 6.92 Å². The lowest BCUT2D eigenvalue weighted by Crippen LogP contribution is -2.17. The lowest BCUT2D eigenvalue weighted by Gasteiger charge is -2.06. The molecule has 14 heavy (non-hydrogen) atoms. The molecule has 1 heterocycles. The lowest BCUT2D eigenvalue weighted by atomic mass is 10.1. The van der Waals surface area contributed by atoms with Crippen molar-refractivity contribution in [3.63, 3.8) is 0 Å². The number of hydrogen-bond donors (Lipinski definition) is 1. The zero-order valence-electron chi connectivity index (χ0n) is 7.99. The number of benzene rings is 1. The number of hydrogen-bond acceptors (Lipinski definition) is 2. The molecule has 0 saturated carbocycles. The topological polar surface area (TPSA) is 46.5 Å². The van der Waals surface area contributed by atoms with E-state index >= 15 is 0 Å². The lowest BCUT2D eigenvalue weighted by molar-refractivity contribution is -0.138. The molecule has 1 N–H and O–H groups in total. The van der Waals surface area contributed by atoms with Crippen LogP contribution >= 0.6 is 0 Å². The minimum atomic E-state index is -0.806. The molecule has 0 amide bonds. The summed E-state index contributed by atoms with van der Waals surface area (Å²) in [6, 6.07) is 5.94. The summed E-state index contributed by atoms with van der Waals surface area (Å²) in [4.78, 5) is 10.5. The maximum absolute atomic E-state index is 10.5. The molecule has 0 aliphatic carbocycles. The molecule has 0 radical (unpaired) electrons. The van der Waals surface area contributed by atoms with Crippen molar-refractivity contribution in [2.75, 3.05) is 0 Å². The first-order valence-electron chi connectivity index (χ1n) is 4.63. The minimum absolute atomic E-state index is 0.0771. The molecule has 1 aliphatic rings. The molecular formula is C11H12O3. The molecule has 0 bridgehead atoms. The number of carbonyl (C=O) groups is 1. The molecule has 74 valence electrons. The Morgan fingerprint density at radius 3 is 3.14 bits per heavy atom. The molecule has 2 rings (SSSR count). The van der Waals surface area contributed by atoms with Gasteiger partial charge in [-0.25, -0.2) is 0 Å². The average molecular weight is 192 g/mol. The number of carboxylic acid groups (broad SMARTS) is 1. The van der Waals surface area contributed by atoms with Crippen molar-refractivity contribution in [2.24, 2.45) is 0 Å². The predicted octanol–water partition coefficient (Wildman–Crippen LogP) is 1.77. The van der Waals surface area contributed by atoms with Crippen LogP contribution in [-0.2, 0) is 11.2 Å². The van der Waals surface area contributed by atoms with E-state index in [1.54, 1.807) is 0 Å². The zero-order valence-corrected chi connectivity index (χ0v) is 7.99. The molecule has 0 spiro atoms. The number of carboxylic acids is 1. The number of ether oxygens (including phenoxy) is 1. The van der Waals surface area contributed by atoms with Gasteiger partial charge in [0.15, 0.2) is 0 Å². The molecule has 0 aromatic heterocycles. The van der Waals surface area contributed by atoms with Crippen molar-refractivity contribution in [3.8, 4) is 5.75 Å². The summed E-state index contributed by atoms with van der Waals surface area (Å²) in [7, 11) is 0. The van der Waals surface area contributed by atoms with E-state index < -0.39 is 5.97 Å². The summed E-state index contributed by atoms with van der Waals surface area (Å²) < 4.78 is 5.49. The minimum Gasteiger partial charge on any atom is -0.489 e. The van der Waals surface area contributed by atoms with E-state index in [9.17, 15) is 4.79 Å². The highest BCUT2D eigenvalue weighted by Crippen LogP contribution is 2.30. The second kappa shape index (κ2) is 3.33. The van der Waals surface area contributed by atoms with E-state index in [4.69, 9.17) is 9.84 Å². The van der Waals surface area contributed by atoms with Crippen LogP contribution in [0.15, 0.2) is 18.2 Å². The summed E-state index contributed by atoms with van der Waals surface area (Å²) >= 11 is 0. The Balaban J connectivity index is 2.14. The van der Waals surface area contributed by atoms with E-state index in [1.165, 1.54) is 5.56 Å². The van der Waals surface area contributed by atoms with Crippen molar-refractivity contribution in [1.29, 1.82) is 0 Å². The highest BCUT2D eigenvalue weighted by molar-refractivity contribution is 5.67. The standard InChI is InChI=1S/C11H12O3/c1-7-2-3-10-8(4-7)5-9(14-10)6-11(12)13/h2-4,9H,5-6H2,1H3,(H,12,13). The predicted molar refractivity (Wildman–Crippen MR) is 51.6 cm³/mol. The summed E-state index contributed by atoms with van der Waals surface area (Å²) in [5, 5.41) is 8.63. The summed E-state index contributed by atoms with van der Waals surface area (Å²) in [6.07, 6.45) is 0.598. The first-order chi connectivity index (χ1) is 6.65. The van der Waals surface area contributed by atoms with Crippen LogP contribution in [0.5, 0.6) is 5.75 Å². The van der Waals surface area contributed by atoms with Crippen LogP contribution < -0.4 is 4.74 Å². The fraction of sp³-hybridized carbons (Fsp3) is 0.364. The third-order valence-electron chi connectivity index (χ3n) is 2.36. The molecule has 3 heteroatoms. The molecule has 1 aromatic carbocycles. The average Bonchev–Trinajstić information content (AvgIpc) is 2.44. The molecule has 3 nitrogen and oxygen atoms in total. The smallest absolute Gasteiger partial charge is 0.307 e. The highest BCUT2D eigenvalue weighted by Gasteiger charge is 2.24. The first kappa shape index (κ1) is 9.06. The highest BCUT2D eigenvalue weighted by atomic mass is 16.5. The quantitative estimate of drug-likeness (QED) is 0.776. The number of fused-ring (bicyclic) bond motifs is 1. The number of aryl methyl sites for hydroxylation is 1. The third-order valence-corrected chi connectivity index (χ3v) is 2.36. The van der Waals surface area contributed by atoms with Gasteiger partial charge in [0.05, 0.1) is 6.42 Å². The second-order valence-corrected chi connectivity index (χ2v) is 3.65. The number of rotatable bonds is 2. The Kier molecular flexibility index (Phi) is 2.15. The van der Waals surface area contributed by atoms with Crippen molar-refractivity contribution in [1.82, 2.24) is 0 Å². The molecule has 1 aliphatic heterocycles. The van der Waals surface area contributed by atoms with Gasteiger partial charge in [0.25, 0.3) is 0 Å². The molecule has 1 aromatic rings. The van der Waals surface area contributed by atoms with Gasteiger partial charge in [0.1, 0.15) is 11.9 Å². The van der Waals surface area contributed by atoms with E-state index in [-0.39, 0.29) is 12.5 Å². The van der Waals surface area contributed by atoms with Gasteiger partial charge in [-0.1, -0.05) is 17.7 Å². The van der Waals surface area contributed by atoms with Crippen molar-refractivity contribution in [2.45, 2.75) is 25.9 Å². The Morgan fingerprint density at radius 2 is 2.43 bits per heavy atom. The largest absolute Gasteiger partial charge is 0.489 e. The van der Waals surface area contributed by atoms with Gasteiger partial charge in [-0.15, -0.1) is 0 Å². The van der Waals surface area contributed by atoms with Crippen LogP contribution in [0.3, 0.4) is 0 Å². The normalized spacial score (nSPS) is 18.8. The monoisotopic (exact) mass is 192 g/mol. The van der Waals surface area contributed by atoms with Crippen molar-refractivity contribution < 1.29 is 14.6 Å². The van der Waals surface area contributed by atoms with Crippen molar-refractivity contribution >= 4 is 5.97 Å². The van der Waals surface area contributed by atoms with Gasteiger partial charge >= 0.3 is 5.97 Å². The van der Waals surface area contributed by atoms with Gasteiger partial charge < -0.3 is 9.84 Å². The fourth-order valence-electron chi connectivity index (χ4n) is 1.76. The van der Waals surface area contributed by atoms with Gasteiger partial charge in [0, 0.05) is 6.42 Å². The molecule has 0 saturated heterocycles. The molecule has 0 fully saturated rings. The van der Waals surface area contributed by atoms with Crippen molar-refractivity contribution in [3.05, 3.63) is 29.3 Å². The van der Waals surface area contributed by atoms with Gasteiger partial charge in [-0.2, -0.15) is 0 Å². The van der Waals surface area contributed by atoms with Crippen LogP contribution in [0.1, 0.15) is 17.5 Å². The van der Waals surface area contributed by atoms with Crippen LogP contribution in [0.4, 0.5) is 0 Å². The van der Waals surface area contributed by atoms with Crippen LogP contribution in [-0.4, -0.2) is 17.2 Å². The van der Waals surface area contributed by atoms with Gasteiger partial charge in [0.2, 0.25) is 0 Å². The van der Waals surface area contributed by atoms with Crippen LogP contribution in [0.2, 0.25) is 0 Å². The maximum Gasteiger partial charge on any atom is 0.307 e. The second-order valence-electron chi connectivity index (χ2n) is 3.65. The van der Waals surface area contributed by atoms with Gasteiger partial charge in [-0.05, 0) is 18.6 Å². The van der Waals surface area contributed by atoms with Gasteiger partial charge in [-0.3, -0.25) is 4.79 Å². The Morgan fingerprint density at radius 1 is 1.64 bits per heavy atom. The fourth-order valence-corrected chi connectivity index (χ4v) is 1.76. The molecule has 1 atom stereocenters. The third kappa shape index (κ3) is 1.71. The summed E-state index contributed by atoms with van der Waals surface area (Å²) in [6.45, 7) is 2.02. The van der Waals surface area contributed by atoms with E-state index in [1.807, 2.05) is 19.1 Å². The summed E-state index contributed by atoms with van der Waals surface area (Å²) in [5.74, 6) is 0.0291.